The molecule has 0 saturated carbocycles. The summed E-state index contributed by atoms with van der Waals surface area (Å²) in [6.45, 7) is 4.46. The zero-order valence-corrected chi connectivity index (χ0v) is 18.3. The van der Waals surface area contributed by atoms with E-state index in [4.69, 9.17) is 21.1 Å². The fraction of sp³-hybridized carbons (Fsp3) is 0.304. The van der Waals surface area contributed by atoms with Gasteiger partial charge in [-0.15, -0.1) is 0 Å². The molecule has 0 atom stereocenters. The number of halogens is 2. The van der Waals surface area contributed by atoms with Crippen LogP contribution in [0.15, 0.2) is 48.2 Å². The predicted octanol–water partition coefficient (Wildman–Crippen LogP) is 4.49. The number of hydrogen-bond acceptors (Lipinski definition) is 5. The number of anilines is 1. The van der Waals surface area contributed by atoms with Crippen LogP contribution in [0.1, 0.15) is 25.8 Å². The number of amides is 2. The van der Waals surface area contributed by atoms with E-state index in [9.17, 15) is 14.0 Å². The third-order valence-corrected chi connectivity index (χ3v) is 4.93. The summed E-state index contributed by atoms with van der Waals surface area (Å²) in [4.78, 5) is 27.5. The summed E-state index contributed by atoms with van der Waals surface area (Å²) in [6, 6.07) is 10.4. The summed E-state index contributed by atoms with van der Waals surface area (Å²) in [5.74, 6) is -0.908. The fourth-order valence-corrected chi connectivity index (χ4v) is 3.41. The molecule has 1 N–H and O–H groups in total. The van der Waals surface area contributed by atoms with Crippen LogP contribution >= 0.6 is 11.6 Å². The average Bonchev–Trinajstić information content (AvgIpc) is 2.96. The Morgan fingerprint density at radius 2 is 1.81 bits per heavy atom. The smallest absolute Gasteiger partial charge is 0.278 e. The lowest BCUT2D eigenvalue weighted by Crippen LogP contribution is -2.34. The van der Waals surface area contributed by atoms with E-state index in [0.29, 0.717) is 35.1 Å². The lowest BCUT2D eigenvalue weighted by molar-refractivity contribution is -0.137. The van der Waals surface area contributed by atoms with Crippen LogP contribution in [0.4, 0.5) is 10.1 Å². The predicted molar refractivity (Wildman–Crippen MR) is 117 cm³/mol. The molecule has 3 rings (SSSR count). The van der Waals surface area contributed by atoms with Gasteiger partial charge >= 0.3 is 0 Å². The normalized spacial score (nSPS) is 14.1. The second kappa shape index (κ2) is 9.94. The van der Waals surface area contributed by atoms with E-state index in [1.54, 1.807) is 18.2 Å². The Kier molecular flexibility index (Phi) is 7.30. The molecule has 0 fully saturated rings. The molecule has 0 spiro atoms. The molecule has 0 bridgehead atoms. The van der Waals surface area contributed by atoms with Crippen LogP contribution in [-0.4, -0.2) is 43.1 Å². The van der Waals surface area contributed by atoms with Crippen molar-refractivity contribution in [3.63, 3.8) is 0 Å². The molecule has 2 amide bonds. The zero-order valence-electron chi connectivity index (χ0n) is 17.6. The number of nitrogens with zero attached hydrogens (tertiary/aromatic N) is 1. The van der Waals surface area contributed by atoms with E-state index >= 15 is 0 Å². The highest BCUT2D eigenvalue weighted by atomic mass is 35.5. The van der Waals surface area contributed by atoms with Gasteiger partial charge < -0.3 is 14.8 Å². The Morgan fingerprint density at radius 1 is 1.10 bits per heavy atom. The maximum atomic E-state index is 13.4. The van der Waals surface area contributed by atoms with E-state index in [2.05, 4.69) is 5.32 Å². The van der Waals surface area contributed by atoms with Crippen molar-refractivity contribution < 1.29 is 23.5 Å². The van der Waals surface area contributed by atoms with E-state index in [1.165, 1.54) is 36.3 Å². The van der Waals surface area contributed by atoms with Crippen molar-refractivity contribution in [1.29, 1.82) is 0 Å². The third-order valence-electron chi connectivity index (χ3n) is 4.70. The highest BCUT2D eigenvalue weighted by Crippen LogP contribution is 2.34. The standard InChI is InChI=1S/C23H24ClFN2O4/c1-14(2)31-12-4-11-27-22(28)20(15-5-8-17(25)9-6-15)21(23(27)29)26-18-13-16(24)7-10-19(18)30-3/h5-10,13-14,26H,4,11-12H2,1-3H3. The van der Waals surface area contributed by atoms with Gasteiger partial charge in [0.15, 0.2) is 0 Å². The molecule has 164 valence electrons. The van der Waals surface area contributed by atoms with Crippen molar-refractivity contribution in [3.05, 3.63) is 64.6 Å². The quantitative estimate of drug-likeness (QED) is 0.454. The zero-order chi connectivity index (χ0) is 22.5. The Hall–Kier alpha value is -2.90. The fourth-order valence-electron chi connectivity index (χ4n) is 3.23. The molecule has 2 aromatic rings. The van der Waals surface area contributed by atoms with Crippen molar-refractivity contribution in [1.82, 2.24) is 4.90 Å². The minimum absolute atomic E-state index is 0.0606. The number of carbonyl (C=O) groups excluding carboxylic acids is 2. The Labute approximate surface area is 185 Å². The molecule has 1 aliphatic rings. The molecule has 0 radical (unpaired) electrons. The van der Waals surface area contributed by atoms with Gasteiger partial charge in [0.1, 0.15) is 17.3 Å². The summed E-state index contributed by atoms with van der Waals surface area (Å²) < 4.78 is 24.3. The first-order chi connectivity index (χ1) is 14.8. The van der Waals surface area contributed by atoms with Gasteiger partial charge in [0.25, 0.3) is 11.8 Å². The Morgan fingerprint density at radius 3 is 2.45 bits per heavy atom. The molecule has 0 aromatic heterocycles. The van der Waals surface area contributed by atoms with E-state index < -0.39 is 17.6 Å². The Balaban J connectivity index is 1.96. The SMILES string of the molecule is COc1ccc(Cl)cc1NC1=C(c2ccc(F)cc2)C(=O)N(CCCOC(C)C)C1=O. The van der Waals surface area contributed by atoms with Gasteiger partial charge in [-0.05, 0) is 56.2 Å². The molecule has 6 nitrogen and oxygen atoms in total. The van der Waals surface area contributed by atoms with Crippen molar-refractivity contribution in [2.75, 3.05) is 25.6 Å². The summed E-state index contributed by atoms with van der Waals surface area (Å²) in [5, 5.41) is 3.45. The van der Waals surface area contributed by atoms with Gasteiger partial charge in [-0.3, -0.25) is 14.5 Å². The van der Waals surface area contributed by atoms with Crippen LogP contribution in [0.5, 0.6) is 5.75 Å². The second-order valence-corrected chi connectivity index (χ2v) is 7.70. The molecular weight excluding hydrogens is 423 g/mol. The molecule has 8 heteroatoms. The van der Waals surface area contributed by atoms with Crippen LogP contribution in [0.2, 0.25) is 5.02 Å². The minimum atomic E-state index is -0.476. The topological polar surface area (TPSA) is 67.9 Å². The van der Waals surface area contributed by atoms with Gasteiger partial charge in [-0.1, -0.05) is 23.7 Å². The number of carbonyl (C=O) groups is 2. The number of hydrogen-bond donors (Lipinski definition) is 1. The van der Waals surface area contributed by atoms with Gasteiger partial charge in [-0.2, -0.15) is 0 Å². The molecule has 0 aliphatic carbocycles. The monoisotopic (exact) mass is 446 g/mol. The lowest BCUT2D eigenvalue weighted by Gasteiger charge is -2.16. The van der Waals surface area contributed by atoms with Crippen molar-refractivity contribution in [2.24, 2.45) is 0 Å². The van der Waals surface area contributed by atoms with E-state index in [0.717, 1.165) is 0 Å². The number of ether oxygens (including phenoxy) is 2. The van der Waals surface area contributed by atoms with E-state index in [-0.39, 0.29) is 23.9 Å². The molecular formula is C23H24ClFN2O4. The first kappa shape index (κ1) is 22.8. The van der Waals surface area contributed by atoms with Crippen molar-refractivity contribution in [3.8, 4) is 5.75 Å². The summed E-state index contributed by atoms with van der Waals surface area (Å²) in [5.41, 5.74) is 1.12. The number of imide groups is 1. The first-order valence-electron chi connectivity index (χ1n) is 9.90. The summed E-state index contributed by atoms with van der Waals surface area (Å²) in [6.07, 6.45) is 0.561. The average molecular weight is 447 g/mol. The second-order valence-electron chi connectivity index (χ2n) is 7.26. The van der Waals surface area contributed by atoms with Crippen LogP contribution in [-0.2, 0) is 14.3 Å². The molecule has 31 heavy (non-hydrogen) atoms. The molecule has 1 aliphatic heterocycles. The highest BCUT2D eigenvalue weighted by Gasteiger charge is 2.39. The van der Waals surface area contributed by atoms with Gasteiger partial charge in [0.05, 0.1) is 24.5 Å². The van der Waals surface area contributed by atoms with Gasteiger partial charge in [0, 0.05) is 18.2 Å². The minimum Gasteiger partial charge on any atom is -0.495 e. The number of nitrogens with one attached hydrogen (secondary N) is 1. The van der Waals surface area contributed by atoms with Crippen molar-refractivity contribution in [2.45, 2.75) is 26.4 Å². The van der Waals surface area contributed by atoms with Crippen LogP contribution in [0, 0.1) is 5.82 Å². The molecule has 0 unspecified atom stereocenters. The number of methoxy groups -OCH3 is 1. The van der Waals surface area contributed by atoms with Crippen LogP contribution in [0.3, 0.4) is 0 Å². The number of rotatable bonds is 9. The summed E-state index contributed by atoms with van der Waals surface area (Å²) >= 11 is 6.10. The molecule has 0 saturated heterocycles. The maximum Gasteiger partial charge on any atom is 0.278 e. The lowest BCUT2D eigenvalue weighted by atomic mass is 10.0. The summed E-state index contributed by atoms with van der Waals surface area (Å²) in [7, 11) is 1.49. The molecule has 1 heterocycles. The largest absolute Gasteiger partial charge is 0.495 e. The van der Waals surface area contributed by atoms with Gasteiger partial charge in [-0.25, -0.2) is 4.39 Å². The maximum absolute atomic E-state index is 13.4. The Bertz CT molecular complexity index is 1010. The number of benzene rings is 2. The van der Waals surface area contributed by atoms with Crippen molar-refractivity contribution >= 4 is 34.7 Å². The third kappa shape index (κ3) is 5.24. The van der Waals surface area contributed by atoms with Gasteiger partial charge in [0.2, 0.25) is 0 Å². The van der Waals surface area contributed by atoms with Crippen LogP contribution in [0.25, 0.3) is 5.57 Å². The van der Waals surface area contributed by atoms with E-state index in [1.807, 2.05) is 13.8 Å². The van der Waals surface area contributed by atoms with Crippen LogP contribution < -0.4 is 10.1 Å². The molecule has 2 aromatic carbocycles. The first-order valence-corrected chi connectivity index (χ1v) is 10.3. The highest BCUT2D eigenvalue weighted by molar-refractivity contribution is 6.36.